The standard InChI is InChI=1S/C34H42ClN5O5/c1-21-10-6-7-11-23-13-15-29-25(18-23)26-19-24(14-16-30(26)40(29)33(44)45-34(3,4)5)20-28(38-22(2)41)32(43)39-27(31(42)37-21)12-8-9-17-36-35/h6-7,13-16,18-19,27-28,36H,1,8-12,17,20H2,2-5H3,(H,37,42)(H,38,41)(H,39,43)/t27-,28?/m0/s1. The fourth-order valence-corrected chi connectivity index (χ4v) is 5.54. The summed E-state index contributed by atoms with van der Waals surface area (Å²) in [5.41, 5.74) is 2.99. The summed E-state index contributed by atoms with van der Waals surface area (Å²) in [6.07, 6.45) is 6.40. The molecule has 11 heteroatoms. The number of allylic oxidation sites excluding steroid dienone is 2. The van der Waals surface area contributed by atoms with Crippen LogP contribution in [0, 0.1) is 0 Å². The van der Waals surface area contributed by atoms with Crippen LogP contribution in [0.1, 0.15) is 64.5 Å². The molecule has 0 saturated carbocycles. The molecule has 0 saturated heterocycles. The number of benzene rings is 2. The van der Waals surface area contributed by atoms with Crippen LogP contribution < -0.4 is 20.8 Å². The van der Waals surface area contributed by atoms with Gasteiger partial charge in [0.25, 0.3) is 0 Å². The molecule has 3 amide bonds. The molecule has 2 heterocycles. The van der Waals surface area contributed by atoms with Crippen LogP contribution in [-0.4, -0.2) is 52.6 Å². The number of halogens is 1. The number of hydrogen-bond acceptors (Lipinski definition) is 6. The van der Waals surface area contributed by atoms with E-state index in [0.29, 0.717) is 55.4 Å². The predicted molar refractivity (Wildman–Crippen MR) is 177 cm³/mol. The van der Waals surface area contributed by atoms with E-state index in [1.807, 2.05) is 63.3 Å². The van der Waals surface area contributed by atoms with Crippen LogP contribution >= 0.6 is 11.8 Å². The van der Waals surface area contributed by atoms with E-state index in [-0.39, 0.29) is 18.2 Å². The maximum atomic E-state index is 13.6. The van der Waals surface area contributed by atoms with Crippen molar-refractivity contribution in [3.8, 4) is 0 Å². The molecule has 0 fully saturated rings. The SMILES string of the molecule is C=C1CC=CCc2ccc3c(c2)c2cc(ccc2n3C(=O)OC(C)(C)C)CC(NC(C)=O)C(=O)N[C@@H](CCCCNCl)C(=O)N1. The van der Waals surface area contributed by atoms with Crippen LogP contribution in [0.2, 0.25) is 0 Å². The number of hydrogen-bond donors (Lipinski definition) is 4. The second kappa shape index (κ2) is 14.8. The lowest BCUT2D eigenvalue weighted by atomic mass is 10.0. The van der Waals surface area contributed by atoms with Gasteiger partial charge in [-0.2, -0.15) is 0 Å². The Hall–Kier alpha value is -4.15. The molecule has 4 rings (SSSR count). The lowest BCUT2D eigenvalue weighted by Crippen LogP contribution is -2.54. The molecule has 45 heavy (non-hydrogen) atoms. The lowest BCUT2D eigenvalue weighted by molar-refractivity contribution is -0.131. The highest BCUT2D eigenvalue weighted by atomic mass is 35.5. The maximum absolute atomic E-state index is 13.6. The molecule has 4 N–H and O–H groups in total. The van der Waals surface area contributed by atoms with Crippen molar-refractivity contribution >= 4 is 57.4 Å². The highest BCUT2D eigenvalue weighted by Crippen LogP contribution is 2.32. The van der Waals surface area contributed by atoms with Crippen molar-refractivity contribution in [3.05, 3.63) is 72.0 Å². The fourth-order valence-electron chi connectivity index (χ4n) is 5.40. The Labute approximate surface area is 268 Å². The zero-order chi connectivity index (χ0) is 32.7. The first-order chi connectivity index (χ1) is 21.4. The van der Waals surface area contributed by atoms with E-state index in [2.05, 4.69) is 33.4 Å². The van der Waals surface area contributed by atoms with Crippen LogP contribution in [0.4, 0.5) is 4.79 Å². The molecular weight excluding hydrogens is 594 g/mol. The van der Waals surface area contributed by atoms with E-state index < -0.39 is 29.7 Å². The molecule has 10 nitrogen and oxygen atoms in total. The summed E-state index contributed by atoms with van der Waals surface area (Å²) in [5.74, 6) is -1.23. The van der Waals surface area contributed by atoms with Gasteiger partial charge in [-0.25, -0.2) is 14.2 Å². The van der Waals surface area contributed by atoms with Crippen molar-refractivity contribution in [2.45, 2.75) is 83.9 Å². The van der Waals surface area contributed by atoms with Crippen molar-refractivity contribution in [1.29, 1.82) is 0 Å². The van der Waals surface area contributed by atoms with Gasteiger partial charge in [-0.05, 0) is 93.6 Å². The molecule has 1 aliphatic heterocycles. The zero-order valence-electron chi connectivity index (χ0n) is 26.3. The van der Waals surface area contributed by atoms with Crippen LogP contribution in [-0.2, 0) is 32.0 Å². The molecule has 0 aliphatic carbocycles. The highest BCUT2D eigenvalue weighted by molar-refractivity contribution is 6.13. The molecule has 3 aromatic rings. The Morgan fingerprint density at radius 2 is 1.64 bits per heavy atom. The largest absolute Gasteiger partial charge is 0.443 e. The molecule has 2 aromatic carbocycles. The first kappa shape index (κ1) is 33.7. The summed E-state index contributed by atoms with van der Waals surface area (Å²) in [6, 6.07) is 9.76. The van der Waals surface area contributed by atoms with Gasteiger partial charge < -0.3 is 20.7 Å². The average molecular weight is 636 g/mol. The Balaban J connectivity index is 1.79. The molecule has 1 aromatic heterocycles. The second-order valence-corrected chi connectivity index (χ2v) is 12.7. The number of amides is 3. The van der Waals surface area contributed by atoms with Crippen LogP contribution in [0.3, 0.4) is 0 Å². The van der Waals surface area contributed by atoms with Crippen molar-refractivity contribution in [2.24, 2.45) is 0 Å². The van der Waals surface area contributed by atoms with E-state index in [9.17, 15) is 19.2 Å². The van der Waals surface area contributed by atoms with Gasteiger partial charge in [0.05, 0.1) is 11.0 Å². The molecule has 0 radical (unpaired) electrons. The molecule has 4 bridgehead atoms. The van der Waals surface area contributed by atoms with E-state index >= 15 is 0 Å². The molecule has 1 aliphatic rings. The summed E-state index contributed by atoms with van der Waals surface area (Å²) >= 11 is 5.59. The third kappa shape index (κ3) is 8.95. The smallest absolute Gasteiger partial charge is 0.419 e. The monoisotopic (exact) mass is 635 g/mol. The zero-order valence-corrected chi connectivity index (χ0v) is 27.1. The first-order valence-electron chi connectivity index (χ1n) is 15.2. The number of fused-ring (bicyclic) bond motifs is 2. The van der Waals surface area contributed by atoms with Crippen molar-refractivity contribution in [2.75, 3.05) is 6.54 Å². The third-order valence-electron chi connectivity index (χ3n) is 7.44. The van der Waals surface area contributed by atoms with Crippen LogP contribution in [0.15, 0.2) is 60.8 Å². The van der Waals surface area contributed by atoms with Gasteiger partial charge in [0.2, 0.25) is 17.7 Å². The number of carbonyl (C=O) groups excluding carboxylic acids is 4. The summed E-state index contributed by atoms with van der Waals surface area (Å²) < 4.78 is 7.33. The molecule has 240 valence electrons. The number of nitrogens with one attached hydrogen (secondary N) is 4. The third-order valence-corrected chi connectivity index (χ3v) is 7.62. The number of aromatic nitrogens is 1. The summed E-state index contributed by atoms with van der Waals surface area (Å²) in [4.78, 5) is 55.0. The number of rotatable bonds is 6. The van der Waals surface area contributed by atoms with Gasteiger partial charge in [-0.1, -0.05) is 30.9 Å². The quantitative estimate of drug-likeness (QED) is 0.168. The fraction of sp³-hybridized carbons (Fsp3) is 0.412. The van der Waals surface area contributed by atoms with Crippen molar-refractivity contribution in [3.63, 3.8) is 0 Å². The lowest BCUT2D eigenvalue weighted by Gasteiger charge is -2.23. The minimum absolute atomic E-state index is 0.167. The molecule has 2 atom stereocenters. The topological polar surface area (TPSA) is 131 Å². The summed E-state index contributed by atoms with van der Waals surface area (Å²) in [5, 5.41) is 10.1. The second-order valence-electron chi connectivity index (χ2n) is 12.4. The number of nitrogens with zero attached hydrogens (tertiary/aromatic N) is 1. The van der Waals surface area contributed by atoms with E-state index in [1.54, 1.807) is 4.57 Å². The van der Waals surface area contributed by atoms with Crippen LogP contribution in [0.5, 0.6) is 0 Å². The van der Waals surface area contributed by atoms with Gasteiger partial charge in [-0.15, -0.1) is 0 Å². The van der Waals surface area contributed by atoms with Crippen LogP contribution in [0.25, 0.3) is 21.8 Å². The minimum atomic E-state index is -0.945. The number of unbranched alkanes of at least 4 members (excludes halogenated alkanes) is 1. The van der Waals surface area contributed by atoms with Gasteiger partial charge in [0, 0.05) is 42.8 Å². The van der Waals surface area contributed by atoms with Gasteiger partial charge in [0.15, 0.2) is 0 Å². The van der Waals surface area contributed by atoms with Gasteiger partial charge in [0.1, 0.15) is 17.7 Å². The van der Waals surface area contributed by atoms with Gasteiger partial charge in [-0.3, -0.25) is 14.4 Å². The normalized spacial score (nSPS) is 18.2. The molecule has 0 spiro atoms. The number of carbonyl (C=O) groups is 4. The highest BCUT2D eigenvalue weighted by Gasteiger charge is 2.28. The Morgan fingerprint density at radius 1 is 1.00 bits per heavy atom. The Bertz CT molecular complexity index is 1640. The van der Waals surface area contributed by atoms with E-state index in [0.717, 1.165) is 21.9 Å². The van der Waals surface area contributed by atoms with E-state index in [1.165, 1.54) is 6.92 Å². The predicted octanol–water partition coefficient (Wildman–Crippen LogP) is 5.16. The Kier molecular flexibility index (Phi) is 11.1. The summed E-state index contributed by atoms with van der Waals surface area (Å²) in [7, 11) is 0. The number of ether oxygens (including phenoxy) is 1. The summed E-state index contributed by atoms with van der Waals surface area (Å²) in [6.45, 7) is 11.4. The average Bonchev–Trinajstić information content (AvgIpc) is 3.28. The first-order valence-corrected chi connectivity index (χ1v) is 15.6. The minimum Gasteiger partial charge on any atom is -0.443 e. The van der Waals surface area contributed by atoms with Crippen molar-refractivity contribution < 1.29 is 23.9 Å². The van der Waals surface area contributed by atoms with Gasteiger partial charge >= 0.3 is 6.09 Å². The van der Waals surface area contributed by atoms with Crippen molar-refractivity contribution in [1.82, 2.24) is 25.4 Å². The maximum Gasteiger partial charge on any atom is 0.419 e. The molecule has 1 unspecified atom stereocenters. The molecular formula is C34H42ClN5O5. The Morgan fingerprint density at radius 3 is 2.29 bits per heavy atom. The van der Waals surface area contributed by atoms with E-state index in [4.69, 9.17) is 16.5 Å².